The first kappa shape index (κ1) is 14.5. The fourth-order valence-electron chi connectivity index (χ4n) is 3.15. The SMILES string of the molecule is Clc1cncc(N2CCOCC2Cc2c[nH]c3ccccc23)n1. The minimum absolute atomic E-state index is 0.218. The molecular formula is C17H17ClN4O. The van der Waals surface area contributed by atoms with Crippen molar-refractivity contribution in [2.45, 2.75) is 12.5 Å². The largest absolute Gasteiger partial charge is 0.377 e. The van der Waals surface area contributed by atoms with Crippen molar-refractivity contribution in [1.29, 1.82) is 0 Å². The molecule has 1 atom stereocenters. The number of ether oxygens (including phenoxy) is 1. The second-order valence-corrected chi connectivity index (χ2v) is 6.07. The summed E-state index contributed by atoms with van der Waals surface area (Å²) >= 11 is 6.00. The molecule has 1 N–H and O–H groups in total. The molecule has 2 aromatic heterocycles. The number of morpholine rings is 1. The summed E-state index contributed by atoms with van der Waals surface area (Å²) in [6.45, 7) is 2.16. The monoisotopic (exact) mass is 328 g/mol. The number of para-hydroxylation sites is 1. The Hall–Kier alpha value is -2.11. The van der Waals surface area contributed by atoms with Gasteiger partial charge in [0.25, 0.3) is 0 Å². The number of aromatic amines is 1. The second-order valence-electron chi connectivity index (χ2n) is 5.69. The average Bonchev–Trinajstić information content (AvgIpc) is 2.99. The number of benzene rings is 1. The van der Waals surface area contributed by atoms with E-state index in [1.807, 2.05) is 6.07 Å². The van der Waals surface area contributed by atoms with Gasteiger partial charge in [-0.1, -0.05) is 29.8 Å². The van der Waals surface area contributed by atoms with Gasteiger partial charge in [-0.15, -0.1) is 0 Å². The maximum Gasteiger partial charge on any atom is 0.149 e. The van der Waals surface area contributed by atoms with E-state index in [-0.39, 0.29) is 6.04 Å². The van der Waals surface area contributed by atoms with E-state index in [0.717, 1.165) is 24.3 Å². The number of fused-ring (bicyclic) bond motifs is 1. The summed E-state index contributed by atoms with van der Waals surface area (Å²) in [4.78, 5) is 14.1. The van der Waals surface area contributed by atoms with Crippen LogP contribution in [0.5, 0.6) is 0 Å². The van der Waals surface area contributed by atoms with E-state index in [4.69, 9.17) is 16.3 Å². The Kier molecular flexibility index (Phi) is 3.89. The topological polar surface area (TPSA) is 54.0 Å². The Balaban J connectivity index is 1.63. The molecule has 0 spiro atoms. The van der Waals surface area contributed by atoms with Crippen molar-refractivity contribution < 1.29 is 4.74 Å². The van der Waals surface area contributed by atoms with Crippen LogP contribution >= 0.6 is 11.6 Å². The quantitative estimate of drug-likeness (QED) is 0.803. The number of anilines is 1. The van der Waals surface area contributed by atoms with Gasteiger partial charge in [-0.2, -0.15) is 0 Å². The van der Waals surface area contributed by atoms with Crippen LogP contribution < -0.4 is 4.90 Å². The van der Waals surface area contributed by atoms with Gasteiger partial charge in [-0.05, 0) is 18.1 Å². The van der Waals surface area contributed by atoms with Gasteiger partial charge in [0.2, 0.25) is 0 Å². The van der Waals surface area contributed by atoms with Crippen LogP contribution in [0.25, 0.3) is 10.9 Å². The lowest BCUT2D eigenvalue weighted by Gasteiger charge is -2.36. The minimum Gasteiger partial charge on any atom is -0.377 e. The number of halogens is 1. The number of hydrogen-bond donors (Lipinski definition) is 1. The van der Waals surface area contributed by atoms with Crippen molar-refractivity contribution in [2.75, 3.05) is 24.7 Å². The predicted molar refractivity (Wildman–Crippen MR) is 91.0 cm³/mol. The number of nitrogens with one attached hydrogen (secondary N) is 1. The van der Waals surface area contributed by atoms with Crippen molar-refractivity contribution in [3.05, 3.63) is 53.6 Å². The lowest BCUT2D eigenvalue weighted by molar-refractivity contribution is 0.0937. The first-order valence-electron chi connectivity index (χ1n) is 7.68. The van der Waals surface area contributed by atoms with Crippen molar-refractivity contribution >= 4 is 28.3 Å². The Labute approximate surface area is 139 Å². The lowest BCUT2D eigenvalue weighted by Crippen LogP contribution is -2.47. The molecule has 1 saturated heterocycles. The van der Waals surface area contributed by atoms with Crippen LogP contribution in [0, 0.1) is 0 Å². The summed E-state index contributed by atoms with van der Waals surface area (Å²) < 4.78 is 5.69. The Morgan fingerprint density at radius 3 is 3.13 bits per heavy atom. The number of nitrogens with zero attached hydrogens (tertiary/aromatic N) is 3. The molecule has 4 rings (SSSR count). The zero-order chi connectivity index (χ0) is 15.6. The first-order valence-corrected chi connectivity index (χ1v) is 8.06. The Bertz CT molecular complexity index is 819. The molecule has 3 heterocycles. The smallest absolute Gasteiger partial charge is 0.149 e. The molecular weight excluding hydrogens is 312 g/mol. The molecule has 0 aliphatic carbocycles. The molecule has 1 fully saturated rings. The fourth-order valence-corrected chi connectivity index (χ4v) is 3.29. The third-order valence-corrected chi connectivity index (χ3v) is 4.43. The van der Waals surface area contributed by atoms with E-state index >= 15 is 0 Å². The van der Waals surface area contributed by atoms with Crippen LogP contribution in [0.1, 0.15) is 5.56 Å². The highest BCUT2D eigenvalue weighted by atomic mass is 35.5. The van der Waals surface area contributed by atoms with E-state index in [1.165, 1.54) is 10.9 Å². The van der Waals surface area contributed by atoms with E-state index in [9.17, 15) is 0 Å². The Morgan fingerprint density at radius 2 is 2.22 bits per heavy atom. The zero-order valence-electron chi connectivity index (χ0n) is 12.6. The van der Waals surface area contributed by atoms with Crippen LogP contribution in [0.15, 0.2) is 42.9 Å². The molecule has 0 bridgehead atoms. The Morgan fingerprint density at radius 1 is 1.30 bits per heavy atom. The average molecular weight is 329 g/mol. The van der Waals surface area contributed by atoms with E-state index in [0.29, 0.717) is 18.4 Å². The van der Waals surface area contributed by atoms with Crippen LogP contribution in [-0.2, 0) is 11.2 Å². The summed E-state index contributed by atoms with van der Waals surface area (Å²) in [6, 6.07) is 8.57. The van der Waals surface area contributed by atoms with Gasteiger partial charge in [0, 0.05) is 23.6 Å². The van der Waals surface area contributed by atoms with Gasteiger partial charge in [-0.3, -0.25) is 4.98 Å². The number of rotatable bonds is 3. The molecule has 23 heavy (non-hydrogen) atoms. The fraction of sp³-hybridized carbons (Fsp3) is 0.294. The van der Waals surface area contributed by atoms with Gasteiger partial charge in [0.1, 0.15) is 11.0 Å². The standard InChI is InChI=1S/C17H17ClN4O/c18-16-9-19-10-17(21-16)22-5-6-23-11-13(22)7-12-8-20-15-4-2-1-3-14(12)15/h1-4,8-10,13,20H,5-7,11H2. The van der Waals surface area contributed by atoms with Crippen molar-refractivity contribution in [1.82, 2.24) is 15.0 Å². The molecule has 1 aliphatic heterocycles. The van der Waals surface area contributed by atoms with E-state index < -0.39 is 0 Å². The van der Waals surface area contributed by atoms with E-state index in [1.54, 1.807) is 12.4 Å². The number of hydrogen-bond acceptors (Lipinski definition) is 4. The maximum atomic E-state index is 6.00. The minimum atomic E-state index is 0.218. The van der Waals surface area contributed by atoms with Gasteiger partial charge in [-0.25, -0.2) is 4.98 Å². The van der Waals surface area contributed by atoms with Crippen molar-refractivity contribution in [3.63, 3.8) is 0 Å². The van der Waals surface area contributed by atoms with Gasteiger partial charge >= 0.3 is 0 Å². The van der Waals surface area contributed by atoms with Gasteiger partial charge < -0.3 is 14.6 Å². The molecule has 3 aromatic rings. The molecule has 1 aromatic carbocycles. The predicted octanol–water partition coefficient (Wildman–Crippen LogP) is 3.06. The normalized spacial score (nSPS) is 18.5. The third kappa shape index (κ3) is 2.90. The van der Waals surface area contributed by atoms with Crippen LogP contribution in [0.4, 0.5) is 5.82 Å². The summed E-state index contributed by atoms with van der Waals surface area (Å²) in [5.74, 6) is 0.811. The highest BCUT2D eigenvalue weighted by Crippen LogP contribution is 2.24. The highest BCUT2D eigenvalue weighted by molar-refractivity contribution is 6.29. The van der Waals surface area contributed by atoms with Crippen LogP contribution in [0.2, 0.25) is 5.15 Å². The summed E-state index contributed by atoms with van der Waals surface area (Å²) in [6.07, 6.45) is 6.29. The number of H-pyrrole nitrogens is 1. The maximum absolute atomic E-state index is 6.00. The van der Waals surface area contributed by atoms with Gasteiger partial charge in [0.05, 0.1) is 31.6 Å². The summed E-state index contributed by atoms with van der Waals surface area (Å²) in [5.41, 5.74) is 2.45. The molecule has 0 amide bonds. The highest BCUT2D eigenvalue weighted by Gasteiger charge is 2.25. The second kappa shape index (κ2) is 6.18. The molecule has 0 radical (unpaired) electrons. The van der Waals surface area contributed by atoms with Crippen molar-refractivity contribution in [2.24, 2.45) is 0 Å². The summed E-state index contributed by atoms with van der Waals surface area (Å²) in [7, 11) is 0. The van der Waals surface area contributed by atoms with Crippen LogP contribution in [0.3, 0.4) is 0 Å². The van der Waals surface area contributed by atoms with Gasteiger partial charge in [0.15, 0.2) is 0 Å². The van der Waals surface area contributed by atoms with E-state index in [2.05, 4.69) is 44.2 Å². The van der Waals surface area contributed by atoms with Crippen LogP contribution in [-0.4, -0.2) is 40.8 Å². The molecule has 1 aliphatic rings. The molecule has 0 saturated carbocycles. The molecule has 6 heteroatoms. The molecule has 5 nitrogen and oxygen atoms in total. The molecule has 118 valence electrons. The number of aromatic nitrogens is 3. The first-order chi connectivity index (χ1) is 11.3. The third-order valence-electron chi connectivity index (χ3n) is 4.24. The van der Waals surface area contributed by atoms with Crippen molar-refractivity contribution in [3.8, 4) is 0 Å². The summed E-state index contributed by atoms with van der Waals surface area (Å²) in [5, 5.41) is 1.68. The zero-order valence-corrected chi connectivity index (χ0v) is 13.3. The molecule has 1 unspecified atom stereocenters. The lowest BCUT2D eigenvalue weighted by atomic mass is 10.0.